The first kappa shape index (κ1) is 31.3. The van der Waals surface area contributed by atoms with E-state index in [0.29, 0.717) is 13.0 Å². The Morgan fingerprint density at radius 3 is 2.12 bits per heavy atom. The number of anilines is 1. The lowest BCUT2D eigenvalue weighted by Crippen LogP contribution is -2.52. The molecule has 1 N–H and O–H groups in total. The van der Waals surface area contributed by atoms with Crippen LogP contribution in [0.3, 0.4) is 0 Å². The van der Waals surface area contributed by atoms with Gasteiger partial charge in [0.1, 0.15) is 12.6 Å². The van der Waals surface area contributed by atoms with Gasteiger partial charge in [-0.25, -0.2) is 8.42 Å². The molecule has 0 aliphatic heterocycles. The lowest BCUT2D eigenvalue weighted by Gasteiger charge is -2.33. The Morgan fingerprint density at radius 1 is 0.951 bits per heavy atom. The Morgan fingerprint density at radius 2 is 1.56 bits per heavy atom. The molecule has 0 bridgehead atoms. The normalized spacial score (nSPS) is 12.0. The summed E-state index contributed by atoms with van der Waals surface area (Å²) in [7, 11) is -4.26. The van der Waals surface area contributed by atoms with E-state index in [-0.39, 0.29) is 34.6 Å². The molecule has 0 aromatic heterocycles. The molecular formula is C30H36N4O6S. The fourth-order valence-corrected chi connectivity index (χ4v) is 5.74. The molecule has 2 amide bonds. The second kappa shape index (κ2) is 13.9. The smallest absolute Gasteiger partial charge is 0.269 e. The van der Waals surface area contributed by atoms with Crippen molar-refractivity contribution in [3.05, 3.63) is 100 Å². The number of nitrogens with one attached hydrogen (secondary N) is 1. The summed E-state index contributed by atoms with van der Waals surface area (Å²) in [6.45, 7) is 7.54. The quantitative estimate of drug-likeness (QED) is 0.231. The van der Waals surface area contributed by atoms with E-state index < -0.39 is 33.4 Å². The van der Waals surface area contributed by atoms with Crippen molar-refractivity contribution in [2.45, 2.75) is 51.6 Å². The van der Waals surface area contributed by atoms with Crippen molar-refractivity contribution in [2.75, 3.05) is 17.4 Å². The third-order valence-corrected chi connectivity index (χ3v) is 8.42. The van der Waals surface area contributed by atoms with Crippen LogP contribution in [-0.2, 0) is 26.2 Å². The zero-order chi connectivity index (χ0) is 30.2. The van der Waals surface area contributed by atoms with Crippen LogP contribution in [0.4, 0.5) is 11.4 Å². The van der Waals surface area contributed by atoms with Crippen LogP contribution >= 0.6 is 0 Å². The minimum atomic E-state index is -4.26. The molecule has 10 nitrogen and oxygen atoms in total. The van der Waals surface area contributed by atoms with E-state index in [9.17, 15) is 28.1 Å². The minimum absolute atomic E-state index is 0.0432. The van der Waals surface area contributed by atoms with Crippen LogP contribution in [0.25, 0.3) is 0 Å². The fourth-order valence-electron chi connectivity index (χ4n) is 4.30. The number of benzene rings is 3. The van der Waals surface area contributed by atoms with Gasteiger partial charge < -0.3 is 10.2 Å². The Bertz CT molecular complexity index is 1460. The van der Waals surface area contributed by atoms with Crippen LogP contribution in [0.5, 0.6) is 0 Å². The van der Waals surface area contributed by atoms with Crippen LogP contribution in [0.1, 0.15) is 38.3 Å². The first-order valence-corrected chi connectivity index (χ1v) is 14.8. The summed E-state index contributed by atoms with van der Waals surface area (Å²) in [5, 5.41) is 14.1. The van der Waals surface area contributed by atoms with Crippen molar-refractivity contribution in [1.29, 1.82) is 0 Å². The maximum Gasteiger partial charge on any atom is 0.269 e. The number of nitro groups is 1. The molecule has 3 aromatic carbocycles. The minimum Gasteiger partial charge on any atom is -0.354 e. The van der Waals surface area contributed by atoms with Crippen molar-refractivity contribution in [2.24, 2.45) is 5.92 Å². The van der Waals surface area contributed by atoms with Gasteiger partial charge >= 0.3 is 0 Å². The highest BCUT2D eigenvalue weighted by Crippen LogP contribution is 2.27. The first-order chi connectivity index (χ1) is 19.4. The van der Waals surface area contributed by atoms with E-state index in [0.717, 1.165) is 15.4 Å². The average molecular weight is 581 g/mol. The van der Waals surface area contributed by atoms with Gasteiger partial charge in [-0.05, 0) is 54.7 Å². The zero-order valence-corrected chi connectivity index (χ0v) is 24.5. The Kier molecular flexibility index (Phi) is 10.6. The van der Waals surface area contributed by atoms with E-state index in [1.165, 1.54) is 41.3 Å². The van der Waals surface area contributed by atoms with Gasteiger partial charge in [0.25, 0.3) is 15.7 Å². The molecule has 0 spiro atoms. The number of aryl methyl sites for hydroxylation is 1. The Labute approximate surface area is 241 Å². The van der Waals surface area contributed by atoms with E-state index in [1.54, 1.807) is 25.1 Å². The van der Waals surface area contributed by atoms with Crippen molar-refractivity contribution >= 4 is 33.2 Å². The molecule has 0 saturated carbocycles. The van der Waals surface area contributed by atoms with Crippen molar-refractivity contribution in [3.8, 4) is 0 Å². The number of rotatable bonds is 13. The van der Waals surface area contributed by atoms with Gasteiger partial charge in [0.15, 0.2) is 0 Å². The molecule has 0 radical (unpaired) electrons. The molecule has 0 aliphatic rings. The van der Waals surface area contributed by atoms with Crippen LogP contribution < -0.4 is 9.62 Å². The maximum absolute atomic E-state index is 14.1. The molecule has 1 atom stereocenters. The topological polar surface area (TPSA) is 130 Å². The van der Waals surface area contributed by atoms with Gasteiger partial charge in [-0.3, -0.25) is 24.0 Å². The highest BCUT2D eigenvalue weighted by molar-refractivity contribution is 7.92. The second-order valence-corrected chi connectivity index (χ2v) is 12.0. The average Bonchev–Trinajstić information content (AvgIpc) is 2.96. The molecule has 41 heavy (non-hydrogen) atoms. The predicted octanol–water partition coefficient (Wildman–Crippen LogP) is 4.68. The molecule has 0 aliphatic carbocycles. The number of non-ortho nitro benzene ring substituents is 1. The first-order valence-electron chi connectivity index (χ1n) is 13.4. The lowest BCUT2D eigenvalue weighted by molar-refractivity contribution is -0.384. The molecule has 218 valence electrons. The molecular weight excluding hydrogens is 544 g/mol. The summed E-state index contributed by atoms with van der Waals surface area (Å²) < 4.78 is 28.6. The highest BCUT2D eigenvalue weighted by atomic mass is 32.2. The monoisotopic (exact) mass is 580 g/mol. The molecule has 3 rings (SSSR count). The van der Waals surface area contributed by atoms with Gasteiger partial charge in [-0.15, -0.1) is 0 Å². The third kappa shape index (κ3) is 7.91. The number of nitrogens with zero attached hydrogens (tertiary/aromatic N) is 3. The molecule has 0 fully saturated rings. The van der Waals surface area contributed by atoms with Crippen molar-refractivity contribution in [1.82, 2.24) is 10.2 Å². The zero-order valence-electron chi connectivity index (χ0n) is 23.7. The third-order valence-electron chi connectivity index (χ3n) is 6.63. The summed E-state index contributed by atoms with van der Waals surface area (Å²) in [6.07, 6.45) is 0.310. The van der Waals surface area contributed by atoms with Crippen LogP contribution in [-0.4, -0.2) is 49.2 Å². The van der Waals surface area contributed by atoms with Gasteiger partial charge in [0.2, 0.25) is 11.8 Å². The van der Waals surface area contributed by atoms with Crippen LogP contribution in [0.2, 0.25) is 0 Å². The Balaban J connectivity index is 2.06. The summed E-state index contributed by atoms with van der Waals surface area (Å²) in [6, 6.07) is 19.2. The molecule has 0 unspecified atom stereocenters. The summed E-state index contributed by atoms with van der Waals surface area (Å²) >= 11 is 0. The van der Waals surface area contributed by atoms with Crippen molar-refractivity contribution < 1.29 is 22.9 Å². The van der Waals surface area contributed by atoms with E-state index in [1.807, 2.05) is 45.0 Å². The number of nitro benzene ring substituents is 1. The van der Waals surface area contributed by atoms with E-state index in [4.69, 9.17) is 0 Å². The van der Waals surface area contributed by atoms with Gasteiger partial charge in [-0.2, -0.15) is 0 Å². The number of sulfonamides is 1. The van der Waals surface area contributed by atoms with E-state index in [2.05, 4.69) is 5.32 Å². The molecule has 0 heterocycles. The summed E-state index contributed by atoms with van der Waals surface area (Å²) in [5.41, 5.74) is 1.61. The van der Waals surface area contributed by atoms with E-state index >= 15 is 0 Å². The number of amides is 2. The summed E-state index contributed by atoms with van der Waals surface area (Å²) in [5.74, 6) is -0.709. The van der Waals surface area contributed by atoms with Crippen LogP contribution in [0.15, 0.2) is 83.8 Å². The number of hydrogen-bond acceptors (Lipinski definition) is 6. The maximum atomic E-state index is 14.1. The number of carbonyl (C=O) groups is 2. The van der Waals surface area contributed by atoms with Gasteiger partial charge in [0.05, 0.1) is 15.5 Å². The largest absolute Gasteiger partial charge is 0.354 e. The van der Waals surface area contributed by atoms with Crippen LogP contribution in [0, 0.1) is 23.0 Å². The van der Waals surface area contributed by atoms with Gasteiger partial charge in [-0.1, -0.05) is 63.2 Å². The predicted molar refractivity (Wildman–Crippen MR) is 158 cm³/mol. The molecule has 0 saturated heterocycles. The summed E-state index contributed by atoms with van der Waals surface area (Å²) in [4.78, 5) is 39.3. The second-order valence-electron chi connectivity index (χ2n) is 10.1. The molecule has 3 aromatic rings. The Hall–Kier alpha value is -4.25. The lowest BCUT2D eigenvalue weighted by atomic mass is 10.1. The number of carbonyl (C=O) groups excluding carboxylic acids is 2. The standard InChI is InChI=1S/C30H36N4O6S/c1-5-28(30(36)31-19-22(2)3)32(20-24-12-10-9-11-23(24)4)29(35)21-33(25-15-17-26(18-16-25)34(37)38)41(39,40)27-13-7-6-8-14-27/h6-18,22,28H,5,19-21H2,1-4H3,(H,31,36)/t28-/m0/s1. The SMILES string of the molecule is CC[C@@H](C(=O)NCC(C)C)N(Cc1ccccc1C)C(=O)CN(c1ccc([N+](=O)[O-])cc1)S(=O)(=O)c1ccccc1. The fraction of sp³-hybridized carbons (Fsp3) is 0.333. The molecule has 11 heteroatoms. The highest BCUT2D eigenvalue weighted by Gasteiger charge is 2.34. The number of hydrogen-bond donors (Lipinski definition) is 1. The van der Waals surface area contributed by atoms with Gasteiger partial charge in [0, 0.05) is 25.2 Å². The van der Waals surface area contributed by atoms with Crippen molar-refractivity contribution in [3.63, 3.8) is 0 Å².